The van der Waals surface area contributed by atoms with E-state index in [-0.39, 0.29) is 18.3 Å². The van der Waals surface area contributed by atoms with Crippen LogP contribution in [0.5, 0.6) is 0 Å². The molecule has 0 saturated carbocycles. The van der Waals surface area contributed by atoms with Gasteiger partial charge in [0.25, 0.3) is 0 Å². The minimum Gasteiger partial charge on any atom is -0.399 e. The summed E-state index contributed by atoms with van der Waals surface area (Å²) in [5.74, 6) is 0. The highest BCUT2D eigenvalue weighted by Gasteiger charge is 2.51. The average Bonchev–Trinajstić information content (AvgIpc) is 2.36. The van der Waals surface area contributed by atoms with E-state index in [9.17, 15) is 0 Å². The van der Waals surface area contributed by atoms with E-state index in [1.165, 1.54) is 0 Å². The van der Waals surface area contributed by atoms with Gasteiger partial charge in [0, 0.05) is 7.05 Å². The van der Waals surface area contributed by atoms with Crippen molar-refractivity contribution in [2.75, 3.05) is 7.05 Å². The fourth-order valence-corrected chi connectivity index (χ4v) is 1.53. The van der Waals surface area contributed by atoms with Gasteiger partial charge in [-0.3, -0.25) is 0 Å². The molecule has 0 aromatic rings. The fraction of sp³-hybridized carbons (Fsp3) is 0.667. The van der Waals surface area contributed by atoms with Gasteiger partial charge in [-0.05, 0) is 46.3 Å². The summed E-state index contributed by atoms with van der Waals surface area (Å²) in [5, 5.41) is 3.01. The molecular weight excluding hydrogens is 201 g/mol. The second kappa shape index (κ2) is 4.64. The molecule has 1 heterocycles. The third-order valence-electron chi connectivity index (χ3n) is 3.20. The Balaban J connectivity index is 2.89. The lowest BCUT2D eigenvalue weighted by atomic mass is 9.78. The zero-order chi connectivity index (χ0) is 12.4. The van der Waals surface area contributed by atoms with Crippen LogP contribution in [0.3, 0.4) is 0 Å². The molecule has 16 heavy (non-hydrogen) atoms. The van der Waals surface area contributed by atoms with Crippen LogP contribution in [0.15, 0.2) is 23.8 Å². The molecule has 3 nitrogen and oxygen atoms in total. The quantitative estimate of drug-likeness (QED) is 0.588. The molecule has 1 N–H and O–H groups in total. The van der Waals surface area contributed by atoms with Crippen molar-refractivity contribution in [2.24, 2.45) is 0 Å². The highest BCUT2D eigenvalue weighted by molar-refractivity contribution is 6.55. The summed E-state index contributed by atoms with van der Waals surface area (Å²) in [6.07, 6.45) is 5.88. The van der Waals surface area contributed by atoms with Crippen LogP contribution in [0.2, 0.25) is 0 Å². The van der Waals surface area contributed by atoms with Gasteiger partial charge in [-0.25, -0.2) is 0 Å². The molecule has 1 aliphatic rings. The predicted octanol–water partition coefficient (Wildman–Crippen LogP) is 2.30. The van der Waals surface area contributed by atoms with Crippen molar-refractivity contribution in [1.82, 2.24) is 5.32 Å². The summed E-state index contributed by atoms with van der Waals surface area (Å²) in [4.78, 5) is 0. The Hall–Kier alpha value is -0.735. The molecule has 0 amide bonds. The van der Waals surface area contributed by atoms with E-state index in [0.29, 0.717) is 0 Å². The SMILES string of the molecule is C/C=C/C(=C\NC)B1OC(C)(C)C(C)(C)O1. The zero-order valence-corrected chi connectivity index (χ0v) is 11.1. The van der Waals surface area contributed by atoms with Gasteiger partial charge in [-0.2, -0.15) is 0 Å². The molecule has 1 saturated heterocycles. The summed E-state index contributed by atoms with van der Waals surface area (Å²) in [6, 6.07) is 0. The lowest BCUT2D eigenvalue weighted by molar-refractivity contribution is 0.00578. The van der Waals surface area contributed by atoms with Gasteiger partial charge in [0.2, 0.25) is 0 Å². The van der Waals surface area contributed by atoms with Crippen LogP contribution in [0, 0.1) is 0 Å². The zero-order valence-electron chi connectivity index (χ0n) is 11.1. The normalized spacial score (nSPS) is 24.1. The van der Waals surface area contributed by atoms with E-state index in [0.717, 1.165) is 5.47 Å². The molecule has 0 aromatic heterocycles. The highest BCUT2D eigenvalue weighted by Crippen LogP contribution is 2.38. The first kappa shape index (κ1) is 13.3. The second-order valence-electron chi connectivity index (χ2n) is 5.02. The van der Waals surface area contributed by atoms with Crippen molar-refractivity contribution < 1.29 is 9.31 Å². The third kappa shape index (κ3) is 2.50. The Bertz CT molecular complexity index is 292. The largest absolute Gasteiger partial charge is 0.496 e. The lowest BCUT2D eigenvalue weighted by Crippen LogP contribution is -2.41. The van der Waals surface area contributed by atoms with Crippen LogP contribution in [-0.2, 0) is 9.31 Å². The maximum absolute atomic E-state index is 5.95. The molecule has 0 aliphatic carbocycles. The topological polar surface area (TPSA) is 30.5 Å². The molecule has 1 rings (SSSR count). The van der Waals surface area contributed by atoms with E-state index in [1.807, 2.05) is 32.3 Å². The number of allylic oxidation sites excluding steroid dienone is 3. The first-order valence-corrected chi connectivity index (χ1v) is 5.70. The van der Waals surface area contributed by atoms with Crippen LogP contribution in [0.25, 0.3) is 0 Å². The van der Waals surface area contributed by atoms with E-state index in [4.69, 9.17) is 9.31 Å². The van der Waals surface area contributed by atoms with Gasteiger partial charge in [0.05, 0.1) is 11.2 Å². The summed E-state index contributed by atoms with van der Waals surface area (Å²) in [7, 11) is 1.57. The van der Waals surface area contributed by atoms with Crippen molar-refractivity contribution in [3.63, 3.8) is 0 Å². The van der Waals surface area contributed by atoms with E-state index >= 15 is 0 Å². The van der Waals surface area contributed by atoms with E-state index in [1.54, 1.807) is 0 Å². The Labute approximate surface area is 99.0 Å². The molecule has 0 radical (unpaired) electrons. The fourth-order valence-electron chi connectivity index (χ4n) is 1.53. The van der Waals surface area contributed by atoms with Crippen LogP contribution in [0.4, 0.5) is 0 Å². The molecular formula is C12H22BNO2. The summed E-state index contributed by atoms with van der Waals surface area (Å²) in [5.41, 5.74) is 0.432. The second-order valence-corrected chi connectivity index (χ2v) is 5.02. The van der Waals surface area contributed by atoms with Crippen molar-refractivity contribution in [3.05, 3.63) is 23.8 Å². The smallest absolute Gasteiger partial charge is 0.399 e. The summed E-state index contributed by atoms with van der Waals surface area (Å²) < 4.78 is 11.9. The van der Waals surface area contributed by atoms with Gasteiger partial charge in [-0.1, -0.05) is 12.2 Å². The Kier molecular flexibility index (Phi) is 3.86. The summed E-state index contributed by atoms with van der Waals surface area (Å²) in [6.45, 7) is 10.2. The van der Waals surface area contributed by atoms with Crippen LogP contribution < -0.4 is 5.32 Å². The number of hydrogen-bond acceptors (Lipinski definition) is 3. The first-order chi connectivity index (χ1) is 7.34. The maximum Gasteiger partial charge on any atom is 0.496 e. The molecule has 1 fully saturated rings. The Morgan fingerprint density at radius 1 is 1.12 bits per heavy atom. The van der Waals surface area contributed by atoms with Crippen molar-refractivity contribution in [1.29, 1.82) is 0 Å². The molecule has 0 aromatic carbocycles. The predicted molar refractivity (Wildman–Crippen MR) is 68.0 cm³/mol. The molecule has 4 heteroatoms. The maximum atomic E-state index is 5.95. The Morgan fingerprint density at radius 3 is 2.00 bits per heavy atom. The van der Waals surface area contributed by atoms with Gasteiger partial charge in [-0.15, -0.1) is 0 Å². The minimum atomic E-state index is -0.298. The molecule has 1 aliphatic heterocycles. The van der Waals surface area contributed by atoms with Gasteiger partial charge in [0.15, 0.2) is 0 Å². The number of hydrogen-bond donors (Lipinski definition) is 1. The van der Waals surface area contributed by atoms with Crippen molar-refractivity contribution in [3.8, 4) is 0 Å². The minimum absolute atomic E-state index is 0.286. The molecule has 90 valence electrons. The van der Waals surface area contributed by atoms with Gasteiger partial charge < -0.3 is 14.6 Å². The van der Waals surface area contributed by atoms with Crippen LogP contribution >= 0.6 is 0 Å². The van der Waals surface area contributed by atoms with E-state index in [2.05, 4.69) is 33.0 Å². The summed E-state index contributed by atoms with van der Waals surface area (Å²) >= 11 is 0. The van der Waals surface area contributed by atoms with Crippen molar-refractivity contribution in [2.45, 2.75) is 45.8 Å². The lowest BCUT2D eigenvalue weighted by Gasteiger charge is -2.32. The average molecular weight is 223 g/mol. The molecule has 0 atom stereocenters. The van der Waals surface area contributed by atoms with E-state index < -0.39 is 0 Å². The van der Waals surface area contributed by atoms with Crippen LogP contribution in [-0.4, -0.2) is 25.4 Å². The van der Waals surface area contributed by atoms with Crippen LogP contribution in [0.1, 0.15) is 34.6 Å². The van der Waals surface area contributed by atoms with Gasteiger partial charge >= 0.3 is 7.12 Å². The monoisotopic (exact) mass is 223 g/mol. The molecule has 0 bridgehead atoms. The van der Waals surface area contributed by atoms with Crippen molar-refractivity contribution >= 4 is 7.12 Å². The standard InChI is InChI=1S/C12H22BNO2/c1-7-8-10(9-14-6)13-15-11(2,3)12(4,5)16-13/h7-9,14H,1-6H3/b8-7+,10-9+. The molecule has 0 spiro atoms. The number of nitrogens with one attached hydrogen (secondary N) is 1. The Morgan fingerprint density at radius 2 is 1.62 bits per heavy atom. The highest BCUT2D eigenvalue weighted by atomic mass is 16.7. The molecule has 0 unspecified atom stereocenters. The first-order valence-electron chi connectivity index (χ1n) is 5.70. The number of rotatable bonds is 3. The van der Waals surface area contributed by atoms with Gasteiger partial charge in [0.1, 0.15) is 0 Å². The third-order valence-corrected chi connectivity index (χ3v) is 3.20.